The van der Waals surface area contributed by atoms with Crippen molar-refractivity contribution in [2.45, 2.75) is 25.8 Å². The first-order valence-corrected chi connectivity index (χ1v) is 12.9. The monoisotopic (exact) mass is 487 g/mol. The lowest BCUT2D eigenvalue weighted by Crippen LogP contribution is -2.38. The first kappa shape index (κ1) is 23.7. The molecule has 1 aliphatic carbocycles. The van der Waals surface area contributed by atoms with Crippen molar-refractivity contribution >= 4 is 33.2 Å². The number of carbonyl (C=O) groups is 3. The summed E-state index contributed by atoms with van der Waals surface area (Å²) >= 11 is 0. The van der Waals surface area contributed by atoms with Gasteiger partial charge in [0.05, 0.1) is 48.0 Å². The Labute approximate surface area is 197 Å². The van der Waals surface area contributed by atoms with Crippen LogP contribution in [0.15, 0.2) is 30.3 Å². The lowest BCUT2D eigenvalue weighted by molar-refractivity contribution is -0.117. The molecule has 0 bridgehead atoms. The van der Waals surface area contributed by atoms with E-state index in [9.17, 15) is 22.8 Å². The molecule has 1 fully saturated rings. The van der Waals surface area contributed by atoms with Gasteiger partial charge in [0.15, 0.2) is 5.75 Å². The Morgan fingerprint density at radius 2 is 1.94 bits per heavy atom. The van der Waals surface area contributed by atoms with Gasteiger partial charge in [0.2, 0.25) is 5.91 Å². The zero-order valence-electron chi connectivity index (χ0n) is 19.0. The minimum Gasteiger partial charge on any atom is -0.491 e. The Morgan fingerprint density at radius 1 is 1.21 bits per heavy atom. The highest BCUT2D eigenvalue weighted by Crippen LogP contribution is 2.38. The van der Waals surface area contributed by atoms with Crippen LogP contribution in [0.25, 0.3) is 0 Å². The fraction of sp³-hybridized carbons (Fsp3) is 0.391. The van der Waals surface area contributed by atoms with Crippen molar-refractivity contribution in [3.63, 3.8) is 0 Å². The van der Waals surface area contributed by atoms with Gasteiger partial charge in [-0.05, 0) is 44.0 Å². The number of pyridine rings is 1. The average molecular weight is 488 g/mol. The Morgan fingerprint density at radius 3 is 2.56 bits per heavy atom. The van der Waals surface area contributed by atoms with E-state index in [1.807, 2.05) is 0 Å². The van der Waals surface area contributed by atoms with E-state index < -0.39 is 33.4 Å². The second-order valence-electron chi connectivity index (χ2n) is 8.26. The summed E-state index contributed by atoms with van der Waals surface area (Å²) in [4.78, 5) is 44.4. The maximum Gasteiger partial charge on any atom is 0.264 e. The molecule has 1 aromatic carbocycles. The molecule has 0 radical (unpaired) electrons. The van der Waals surface area contributed by atoms with E-state index in [1.54, 1.807) is 25.1 Å². The maximum atomic E-state index is 13.5. The van der Waals surface area contributed by atoms with Crippen molar-refractivity contribution in [1.29, 1.82) is 0 Å². The Bertz CT molecular complexity index is 1270. The summed E-state index contributed by atoms with van der Waals surface area (Å²) in [5.41, 5.74) is 0.521. The second kappa shape index (κ2) is 9.05. The summed E-state index contributed by atoms with van der Waals surface area (Å²) in [6, 6.07) is 6.43. The number of hydrogen-bond donors (Lipinski definition) is 1. The van der Waals surface area contributed by atoms with Crippen molar-refractivity contribution < 1.29 is 32.3 Å². The molecule has 1 unspecified atom stereocenters. The minimum absolute atomic E-state index is 0.0403. The van der Waals surface area contributed by atoms with Gasteiger partial charge in [0.25, 0.3) is 17.7 Å². The van der Waals surface area contributed by atoms with Crippen LogP contribution in [0.5, 0.6) is 11.6 Å². The van der Waals surface area contributed by atoms with E-state index in [1.165, 1.54) is 19.2 Å². The van der Waals surface area contributed by atoms with Crippen LogP contribution in [0.3, 0.4) is 0 Å². The zero-order valence-corrected chi connectivity index (χ0v) is 19.8. The van der Waals surface area contributed by atoms with Crippen LogP contribution in [0.2, 0.25) is 0 Å². The number of nitrogens with one attached hydrogen (secondary N) is 1. The van der Waals surface area contributed by atoms with Gasteiger partial charge in [-0.2, -0.15) is 0 Å². The predicted octanol–water partition coefficient (Wildman–Crippen LogP) is 2.22. The summed E-state index contributed by atoms with van der Waals surface area (Å²) < 4.78 is 35.3. The molecule has 180 valence electrons. The van der Waals surface area contributed by atoms with Gasteiger partial charge >= 0.3 is 0 Å². The number of aromatic nitrogens is 1. The van der Waals surface area contributed by atoms with Crippen LogP contribution >= 0.6 is 0 Å². The molecule has 2 aliphatic rings. The molecule has 3 amide bonds. The number of imide groups is 1. The molecule has 2 aromatic rings. The predicted molar refractivity (Wildman–Crippen MR) is 123 cm³/mol. The number of benzene rings is 1. The molecular weight excluding hydrogens is 462 g/mol. The number of ether oxygens (including phenoxy) is 2. The molecule has 1 saturated carbocycles. The molecule has 4 rings (SSSR count). The molecule has 1 aromatic heterocycles. The fourth-order valence-corrected chi connectivity index (χ4v) is 4.77. The van der Waals surface area contributed by atoms with Gasteiger partial charge in [-0.1, -0.05) is 6.07 Å². The standard InChI is InChI=1S/C23H25N3O7S/c1-4-33-21-18(32-2)11-10-15(25-21)17(12-34(3,30)31)26-22(28)14-6-5-7-16(19(14)23(26)29)24-20(27)13-8-9-13/h5-7,10-11,13,17H,4,8-9,12H2,1-3H3,(H,24,27). The molecule has 1 atom stereocenters. The van der Waals surface area contributed by atoms with Gasteiger partial charge in [-0.15, -0.1) is 0 Å². The van der Waals surface area contributed by atoms with E-state index in [0.717, 1.165) is 24.0 Å². The highest BCUT2D eigenvalue weighted by atomic mass is 32.2. The van der Waals surface area contributed by atoms with E-state index in [2.05, 4.69) is 10.3 Å². The molecule has 0 saturated heterocycles. The van der Waals surface area contributed by atoms with Crippen LogP contribution in [0.1, 0.15) is 52.2 Å². The number of nitrogens with zero attached hydrogens (tertiary/aromatic N) is 2. The van der Waals surface area contributed by atoms with E-state index in [4.69, 9.17) is 9.47 Å². The Hall–Kier alpha value is -3.47. The quantitative estimate of drug-likeness (QED) is 0.533. The third-order valence-corrected chi connectivity index (χ3v) is 6.54. The summed E-state index contributed by atoms with van der Waals surface area (Å²) in [5, 5.41) is 2.73. The molecule has 34 heavy (non-hydrogen) atoms. The van der Waals surface area contributed by atoms with Crippen LogP contribution in [0.4, 0.5) is 5.69 Å². The minimum atomic E-state index is -3.64. The SMILES string of the molecule is CCOc1nc(C(CS(C)(=O)=O)N2C(=O)c3cccc(NC(=O)C4CC4)c3C2=O)ccc1OC. The van der Waals surface area contributed by atoms with Crippen molar-refractivity contribution in [1.82, 2.24) is 9.88 Å². The van der Waals surface area contributed by atoms with Crippen molar-refractivity contribution in [2.24, 2.45) is 5.92 Å². The zero-order chi connectivity index (χ0) is 24.6. The van der Waals surface area contributed by atoms with Gasteiger partial charge in [-0.25, -0.2) is 13.4 Å². The van der Waals surface area contributed by atoms with E-state index >= 15 is 0 Å². The summed E-state index contributed by atoms with van der Waals surface area (Å²) in [6.07, 6.45) is 2.58. The Balaban J connectivity index is 1.76. The molecule has 11 heteroatoms. The summed E-state index contributed by atoms with van der Waals surface area (Å²) in [5.74, 6) is -1.75. The van der Waals surface area contributed by atoms with Gasteiger partial charge < -0.3 is 14.8 Å². The van der Waals surface area contributed by atoms with E-state index in [-0.39, 0.29) is 46.8 Å². The van der Waals surface area contributed by atoms with Crippen molar-refractivity contribution in [3.8, 4) is 11.6 Å². The molecule has 1 aliphatic heterocycles. The lowest BCUT2D eigenvalue weighted by atomic mass is 10.1. The number of methoxy groups -OCH3 is 1. The number of anilines is 1. The average Bonchev–Trinajstić information content (AvgIpc) is 3.60. The van der Waals surface area contributed by atoms with Crippen molar-refractivity contribution in [3.05, 3.63) is 47.2 Å². The van der Waals surface area contributed by atoms with Crippen molar-refractivity contribution in [2.75, 3.05) is 31.0 Å². The first-order valence-electron chi connectivity index (χ1n) is 10.8. The molecule has 2 heterocycles. The van der Waals surface area contributed by atoms with Gasteiger partial charge in [0.1, 0.15) is 9.84 Å². The number of fused-ring (bicyclic) bond motifs is 1. The summed E-state index contributed by atoms with van der Waals surface area (Å²) in [7, 11) is -2.20. The second-order valence-corrected chi connectivity index (χ2v) is 10.4. The van der Waals surface area contributed by atoms with E-state index in [0.29, 0.717) is 5.75 Å². The van der Waals surface area contributed by atoms with Crippen LogP contribution < -0.4 is 14.8 Å². The maximum absolute atomic E-state index is 13.5. The molecular formula is C23H25N3O7S. The third kappa shape index (κ3) is 4.60. The molecule has 1 N–H and O–H groups in total. The fourth-order valence-electron chi connectivity index (χ4n) is 3.87. The smallest absolute Gasteiger partial charge is 0.264 e. The number of rotatable bonds is 9. The van der Waals surface area contributed by atoms with Crippen LogP contribution in [-0.4, -0.2) is 61.7 Å². The number of carbonyl (C=O) groups excluding carboxylic acids is 3. The first-order chi connectivity index (χ1) is 16.1. The van der Waals surface area contributed by atoms with Crippen LogP contribution in [0, 0.1) is 5.92 Å². The molecule has 10 nitrogen and oxygen atoms in total. The summed E-state index contributed by atoms with van der Waals surface area (Å²) in [6.45, 7) is 2.03. The topological polar surface area (TPSA) is 132 Å². The molecule has 0 spiro atoms. The third-order valence-electron chi connectivity index (χ3n) is 5.61. The number of hydrogen-bond acceptors (Lipinski definition) is 8. The highest BCUT2D eigenvalue weighted by Gasteiger charge is 2.44. The lowest BCUT2D eigenvalue weighted by Gasteiger charge is -2.26. The van der Waals surface area contributed by atoms with Gasteiger partial charge in [-0.3, -0.25) is 19.3 Å². The highest BCUT2D eigenvalue weighted by molar-refractivity contribution is 7.90. The van der Waals surface area contributed by atoms with Crippen LogP contribution in [-0.2, 0) is 14.6 Å². The Kier molecular flexibility index (Phi) is 6.30. The normalized spacial score (nSPS) is 16.3. The van der Waals surface area contributed by atoms with Gasteiger partial charge in [0, 0.05) is 12.2 Å². The number of sulfone groups is 1. The largest absolute Gasteiger partial charge is 0.491 e. The number of amides is 3.